The van der Waals surface area contributed by atoms with Gasteiger partial charge in [-0.05, 0) is 17.5 Å². The number of hydrogen-bond acceptors (Lipinski definition) is 2. The number of carboxylic acids is 1. The van der Waals surface area contributed by atoms with Gasteiger partial charge in [0.25, 0.3) is 0 Å². The van der Waals surface area contributed by atoms with Gasteiger partial charge in [-0.3, -0.25) is 4.99 Å². The van der Waals surface area contributed by atoms with Gasteiger partial charge in [-0.25, -0.2) is 4.79 Å². The highest BCUT2D eigenvalue weighted by Crippen LogP contribution is 2.19. The van der Waals surface area contributed by atoms with Crippen molar-refractivity contribution in [2.24, 2.45) is 10.9 Å². The van der Waals surface area contributed by atoms with E-state index in [9.17, 15) is 9.90 Å². The maximum absolute atomic E-state index is 11.4. The smallest absolute Gasteiger partial charge is 0.328 e. The first kappa shape index (κ1) is 8.15. The number of rotatable bonds is 5. The summed E-state index contributed by atoms with van der Waals surface area (Å²) in [7, 11) is 0. The Labute approximate surface area is 119 Å². The molecule has 2 atom stereocenters. The van der Waals surface area contributed by atoms with E-state index in [0.717, 1.165) is 22.7 Å². The Morgan fingerprint density at radius 1 is 1.58 bits per heavy atom. The fraction of sp³-hybridized carbons (Fsp3) is 0.333. The van der Waals surface area contributed by atoms with E-state index >= 15 is 0 Å². The maximum Gasteiger partial charge on any atom is 0.328 e. The molecule has 0 fully saturated rings. The lowest BCUT2D eigenvalue weighted by molar-refractivity contribution is -0.138. The van der Waals surface area contributed by atoms with Gasteiger partial charge in [0.15, 0.2) is 6.04 Å². The molecule has 4 heteroatoms. The number of benzene rings is 1. The molecule has 0 spiro atoms. The molecule has 2 N–H and O–H groups in total. The third kappa shape index (κ3) is 3.22. The summed E-state index contributed by atoms with van der Waals surface area (Å²) in [4.78, 5) is 18.3. The van der Waals surface area contributed by atoms with Crippen LogP contribution in [-0.2, 0) is 11.2 Å². The number of carbonyl (C=O) groups is 1. The molecular formula is C15H18N2O2. The van der Waals surface area contributed by atoms with E-state index in [0.29, 0.717) is 0 Å². The van der Waals surface area contributed by atoms with Gasteiger partial charge >= 0.3 is 5.97 Å². The SMILES string of the molecule is [2H]C([2H])C(C=N[C@H](Cc1c[nH]c2ccccc12)C(=O)O)C([2H])([2H])[2H]. The van der Waals surface area contributed by atoms with Crippen LogP contribution in [0.1, 0.15) is 26.1 Å². The number of hydrogen-bond donors (Lipinski definition) is 2. The zero-order valence-electron chi connectivity index (χ0n) is 15.2. The molecular weight excluding hydrogens is 240 g/mol. The van der Waals surface area contributed by atoms with E-state index in [-0.39, 0.29) is 6.42 Å². The standard InChI is InChI=1S/C15H18N2O2/c1-10(2)8-16-14(15(18)19)7-11-9-17-13-6-4-3-5-12(11)13/h3-6,8-10,14,17H,7H2,1-2H3,(H,18,19)/t14-/m1/s1/i1D2,2D3/t10?,14-. The number of aromatic nitrogens is 1. The van der Waals surface area contributed by atoms with Gasteiger partial charge in [0.2, 0.25) is 0 Å². The van der Waals surface area contributed by atoms with Gasteiger partial charge in [-0.2, -0.15) is 0 Å². The number of carboxylic acid groups (broad SMARTS) is 1. The van der Waals surface area contributed by atoms with E-state index < -0.39 is 31.7 Å². The Morgan fingerprint density at radius 2 is 2.42 bits per heavy atom. The van der Waals surface area contributed by atoms with Gasteiger partial charge in [0.05, 0.1) is 0 Å². The van der Waals surface area contributed by atoms with Gasteiger partial charge in [-0.15, -0.1) is 0 Å². The molecule has 2 rings (SSSR count). The molecule has 0 aliphatic rings. The van der Waals surface area contributed by atoms with Gasteiger partial charge in [0.1, 0.15) is 0 Å². The summed E-state index contributed by atoms with van der Waals surface area (Å²) in [6.07, 6.45) is 2.71. The Hall–Kier alpha value is -2.10. The fourth-order valence-corrected chi connectivity index (χ4v) is 1.91. The second-order valence-corrected chi connectivity index (χ2v) is 4.24. The predicted octanol–water partition coefficient (Wildman–Crippen LogP) is 2.89. The molecule has 1 aromatic carbocycles. The molecule has 1 heterocycles. The van der Waals surface area contributed by atoms with Crippen molar-refractivity contribution in [2.45, 2.75) is 26.2 Å². The van der Waals surface area contributed by atoms with Crippen LogP contribution in [0, 0.1) is 5.92 Å². The topological polar surface area (TPSA) is 65.5 Å². The minimum atomic E-state index is -2.57. The third-order valence-electron chi connectivity index (χ3n) is 2.80. The Bertz CT molecular complexity index is 739. The van der Waals surface area contributed by atoms with Crippen molar-refractivity contribution < 1.29 is 16.8 Å². The first-order valence-corrected chi connectivity index (χ1v) is 5.85. The molecule has 1 unspecified atom stereocenters. The monoisotopic (exact) mass is 263 g/mol. The van der Waals surface area contributed by atoms with E-state index in [2.05, 4.69) is 9.98 Å². The number of nitrogens with zero attached hydrogens (tertiary/aromatic N) is 1. The summed E-state index contributed by atoms with van der Waals surface area (Å²) in [6, 6.07) is 6.26. The summed E-state index contributed by atoms with van der Waals surface area (Å²) >= 11 is 0. The molecule has 0 aliphatic heterocycles. The number of para-hydroxylation sites is 1. The fourth-order valence-electron chi connectivity index (χ4n) is 1.91. The van der Waals surface area contributed by atoms with Crippen LogP contribution in [0.25, 0.3) is 10.9 Å². The zero-order valence-corrected chi connectivity index (χ0v) is 10.2. The summed E-state index contributed by atoms with van der Waals surface area (Å²) in [5.74, 6) is -2.62. The summed E-state index contributed by atoms with van der Waals surface area (Å²) in [5.41, 5.74) is 1.63. The molecule has 4 nitrogen and oxygen atoms in total. The Morgan fingerprint density at radius 3 is 3.16 bits per heavy atom. The van der Waals surface area contributed by atoms with Crippen molar-refractivity contribution in [2.75, 3.05) is 0 Å². The third-order valence-corrected chi connectivity index (χ3v) is 2.80. The molecule has 1 aromatic heterocycles. The number of aliphatic imine (C=N–C) groups is 1. The average Bonchev–Trinajstić information content (AvgIpc) is 2.87. The average molecular weight is 263 g/mol. The molecule has 0 bridgehead atoms. The number of nitrogens with one attached hydrogen (secondary N) is 1. The van der Waals surface area contributed by atoms with Crippen molar-refractivity contribution in [1.82, 2.24) is 4.98 Å². The number of fused-ring (bicyclic) bond motifs is 1. The zero-order chi connectivity index (χ0) is 17.9. The van der Waals surface area contributed by atoms with E-state index in [1.165, 1.54) is 0 Å². The van der Waals surface area contributed by atoms with E-state index in [1.807, 2.05) is 24.3 Å². The molecule has 2 aromatic rings. The first-order valence-electron chi connectivity index (χ1n) is 8.51. The van der Waals surface area contributed by atoms with Gasteiger partial charge in [0, 0.05) is 36.6 Å². The van der Waals surface area contributed by atoms with Crippen LogP contribution in [0.3, 0.4) is 0 Å². The lowest BCUT2D eigenvalue weighted by atomic mass is 10.1. The van der Waals surface area contributed by atoms with Crippen LogP contribution in [0.5, 0.6) is 0 Å². The molecule has 0 saturated heterocycles. The lowest BCUT2D eigenvalue weighted by Crippen LogP contribution is -2.21. The van der Waals surface area contributed by atoms with E-state index in [1.54, 1.807) is 6.20 Å². The molecule has 19 heavy (non-hydrogen) atoms. The van der Waals surface area contributed by atoms with Crippen molar-refractivity contribution in [3.05, 3.63) is 36.0 Å². The summed E-state index contributed by atoms with van der Waals surface area (Å²) < 4.78 is 36.6. The highest BCUT2D eigenvalue weighted by atomic mass is 16.4. The summed E-state index contributed by atoms with van der Waals surface area (Å²) in [6.45, 7) is -4.22. The minimum absolute atomic E-state index is 0.0875. The molecule has 0 saturated carbocycles. The van der Waals surface area contributed by atoms with Crippen LogP contribution in [0.15, 0.2) is 35.5 Å². The summed E-state index contributed by atoms with van der Waals surface area (Å²) in [5, 5.41) is 10.2. The normalized spacial score (nSPS) is 19.5. The second-order valence-electron chi connectivity index (χ2n) is 4.24. The Balaban J connectivity index is 2.24. The highest BCUT2D eigenvalue weighted by Gasteiger charge is 2.18. The van der Waals surface area contributed by atoms with Crippen LogP contribution >= 0.6 is 0 Å². The maximum atomic E-state index is 11.4. The molecule has 0 aliphatic carbocycles. The molecule has 0 amide bonds. The lowest BCUT2D eigenvalue weighted by Gasteiger charge is -2.07. The van der Waals surface area contributed by atoms with Crippen LogP contribution < -0.4 is 0 Å². The van der Waals surface area contributed by atoms with E-state index in [4.69, 9.17) is 6.85 Å². The van der Waals surface area contributed by atoms with Crippen LogP contribution in [-0.4, -0.2) is 28.3 Å². The van der Waals surface area contributed by atoms with Crippen molar-refractivity contribution in [3.8, 4) is 0 Å². The second kappa shape index (κ2) is 5.69. The Kier molecular flexibility index (Phi) is 2.44. The minimum Gasteiger partial charge on any atom is -0.480 e. The number of H-pyrrole nitrogens is 1. The molecule has 0 radical (unpaired) electrons. The first-order chi connectivity index (χ1) is 11.2. The van der Waals surface area contributed by atoms with Crippen LogP contribution in [0.4, 0.5) is 0 Å². The number of aliphatic carboxylic acids is 1. The quantitative estimate of drug-likeness (QED) is 0.815. The van der Waals surface area contributed by atoms with Gasteiger partial charge < -0.3 is 10.1 Å². The largest absolute Gasteiger partial charge is 0.480 e. The van der Waals surface area contributed by atoms with Crippen LogP contribution in [0.2, 0.25) is 0 Å². The van der Waals surface area contributed by atoms with Gasteiger partial charge in [-0.1, -0.05) is 31.9 Å². The van der Waals surface area contributed by atoms with Crippen molar-refractivity contribution in [3.63, 3.8) is 0 Å². The number of aromatic amines is 1. The predicted molar refractivity (Wildman–Crippen MR) is 76.8 cm³/mol. The highest BCUT2D eigenvalue weighted by molar-refractivity contribution is 5.84. The van der Waals surface area contributed by atoms with Crippen molar-refractivity contribution in [1.29, 1.82) is 0 Å². The van der Waals surface area contributed by atoms with Crippen molar-refractivity contribution >= 4 is 23.1 Å². The molecule has 100 valence electrons.